The minimum atomic E-state index is -4.50. The maximum Gasteiger partial charge on any atom is 0.416 e. The van der Waals surface area contributed by atoms with E-state index in [-0.39, 0.29) is 24.1 Å². The molecule has 1 aliphatic rings. The molecule has 0 aliphatic carbocycles. The fourth-order valence-corrected chi connectivity index (χ4v) is 2.93. The van der Waals surface area contributed by atoms with E-state index in [1.54, 1.807) is 11.8 Å². The molecule has 146 valence electrons. The SMILES string of the molecule is CCOc1ccc(C(F)(F)F)cc1NC(=O)N1CCOCC1CC(C)C. The number of morpholine rings is 1. The maximum atomic E-state index is 13.0. The quantitative estimate of drug-likeness (QED) is 0.832. The number of urea groups is 1. The van der Waals surface area contributed by atoms with Crippen molar-refractivity contribution in [2.75, 3.05) is 31.7 Å². The van der Waals surface area contributed by atoms with Gasteiger partial charge in [-0.25, -0.2) is 4.79 Å². The van der Waals surface area contributed by atoms with Gasteiger partial charge in [0.05, 0.1) is 37.1 Å². The third kappa shape index (κ3) is 5.27. The first kappa shape index (κ1) is 20.4. The molecule has 1 unspecified atom stereocenters. The number of alkyl halides is 3. The lowest BCUT2D eigenvalue weighted by atomic mass is 10.0. The number of halogens is 3. The summed E-state index contributed by atoms with van der Waals surface area (Å²) >= 11 is 0. The summed E-state index contributed by atoms with van der Waals surface area (Å²) in [4.78, 5) is 14.3. The zero-order valence-electron chi connectivity index (χ0n) is 15.2. The van der Waals surface area contributed by atoms with Gasteiger partial charge in [0.2, 0.25) is 0 Å². The molecule has 8 heteroatoms. The molecule has 1 fully saturated rings. The molecule has 1 aromatic rings. The van der Waals surface area contributed by atoms with Crippen LogP contribution in [-0.2, 0) is 10.9 Å². The van der Waals surface area contributed by atoms with Crippen LogP contribution in [0.25, 0.3) is 0 Å². The largest absolute Gasteiger partial charge is 0.492 e. The van der Waals surface area contributed by atoms with E-state index in [4.69, 9.17) is 9.47 Å². The third-order valence-corrected chi connectivity index (χ3v) is 4.08. The summed E-state index contributed by atoms with van der Waals surface area (Å²) in [5.74, 6) is 0.576. The Balaban J connectivity index is 2.22. The van der Waals surface area contributed by atoms with Crippen molar-refractivity contribution in [1.82, 2.24) is 4.90 Å². The van der Waals surface area contributed by atoms with Gasteiger partial charge in [0, 0.05) is 6.54 Å². The first-order chi connectivity index (χ1) is 12.2. The van der Waals surface area contributed by atoms with E-state index in [1.165, 1.54) is 6.07 Å². The highest BCUT2D eigenvalue weighted by Crippen LogP contribution is 2.35. The summed E-state index contributed by atoms with van der Waals surface area (Å²) < 4.78 is 49.8. The van der Waals surface area contributed by atoms with Gasteiger partial charge in [-0.15, -0.1) is 0 Å². The number of nitrogens with one attached hydrogen (secondary N) is 1. The summed E-state index contributed by atoms with van der Waals surface area (Å²) in [6.07, 6.45) is -3.74. The molecule has 0 saturated carbocycles. The molecule has 5 nitrogen and oxygen atoms in total. The number of anilines is 1. The van der Waals surface area contributed by atoms with Gasteiger partial charge in [-0.3, -0.25) is 0 Å². The Morgan fingerprint density at radius 1 is 1.42 bits per heavy atom. The average Bonchev–Trinajstić information content (AvgIpc) is 2.55. The van der Waals surface area contributed by atoms with Crippen LogP contribution in [0.15, 0.2) is 18.2 Å². The van der Waals surface area contributed by atoms with Crippen LogP contribution in [0.1, 0.15) is 32.8 Å². The van der Waals surface area contributed by atoms with Crippen LogP contribution in [0.2, 0.25) is 0 Å². The number of nitrogens with zero attached hydrogens (tertiary/aromatic N) is 1. The number of rotatable bonds is 5. The van der Waals surface area contributed by atoms with E-state index in [0.29, 0.717) is 25.7 Å². The van der Waals surface area contributed by atoms with E-state index >= 15 is 0 Å². The standard InChI is InChI=1S/C18H25F3N2O3/c1-4-26-16-6-5-13(18(19,20)21)10-15(16)22-17(24)23-7-8-25-11-14(23)9-12(2)3/h5-6,10,12,14H,4,7-9,11H2,1-3H3,(H,22,24). The van der Waals surface area contributed by atoms with E-state index in [1.807, 2.05) is 13.8 Å². The molecule has 1 aromatic carbocycles. The number of amides is 2. The Morgan fingerprint density at radius 2 is 2.15 bits per heavy atom. The molecule has 1 saturated heterocycles. The molecule has 1 atom stereocenters. The molecule has 0 spiro atoms. The molecule has 1 heterocycles. The van der Waals surface area contributed by atoms with Crippen LogP contribution in [0.5, 0.6) is 5.75 Å². The number of hydrogen-bond donors (Lipinski definition) is 1. The van der Waals surface area contributed by atoms with Crippen LogP contribution >= 0.6 is 0 Å². The zero-order valence-corrected chi connectivity index (χ0v) is 15.2. The summed E-state index contributed by atoms with van der Waals surface area (Å²) in [6, 6.07) is 2.52. The summed E-state index contributed by atoms with van der Waals surface area (Å²) in [5, 5.41) is 2.59. The van der Waals surface area contributed by atoms with Gasteiger partial charge in [0.15, 0.2) is 0 Å². The molecule has 1 aliphatic heterocycles. The van der Waals surface area contributed by atoms with Crippen LogP contribution in [0.4, 0.5) is 23.7 Å². The monoisotopic (exact) mass is 374 g/mol. The lowest BCUT2D eigenvalue weighted by Gasteiger charge is -2.36. The molecular formula is C18H25F3N2O3. The first-order valence-corrected chi connectivity index (χ1v) is 8.71. The van der Waals surface area contributed by atoms with Crippen LogP contribution in [0, 0.1) is 5.92 Å². The molecule has 2 amide bonds. The molecule has 0 aromatic heterocycles. The molecule has 26 heavy (non-hydrogen) atoms. The topological polar surface area (TPSA) is 50.8 Å². The molecule has 0 bridgehead atoms. The predicted molar refractivity (Wildman–Crippen MR) is 92.4 cm³/mol. The van der Waals surface area contributed by atoms with Gasteiger partial charge in [0.1, 0.15) is 5.75 Å². The summed E-state index contributed by atoms with van der Waals surface area (Å²) in [6.45, 7) is 7.32. The zero-order chi connectivity index (χ0) is 19.3. The molecule has 1 N–H and O–H groups in total. The van der Waals surface area contributed by atoms with Crippen LogP contribution in [0.3, 0.4) is 0 Å². The van der Waals surface area contributed by atoms with Gasteiger partial charge in [-0.05, 0) is 37.5 Å². The number of carbonyl (C=O) groups excluding carboxylic acids is 1. The van der Waals surface area contributed by atoms with Crippen molar-refractivity contribution in [2.24, 2.45) is 5.92 Å². The average molecular weight is 374 g/mol. The Labute approximate surface area is 151 Å². The van der Waals surface area contributed by atoms with E-state index in [9.17, 15) is 18.0 Å². The van der Waals surface area contributed by atoms with Gasteiger partial charge in [0.25, 0.3) is 0 Å². The van der Waals surface area contributed by atoms with Crippen molar-refractivity contribution in [3.05, 3.63) is 23.8 Å². The minimum absolute atomic E-state index is 0.0152. The number of hydrogen-bond acceptors (Lipinski definition) is 3. The fraction of sp³-hybridized carbons (Fsp3) is 0.611. The number of carbonyl (C=O) groups is 1. The second-order valence-corrected chi connectivity index (χ2v) is 6.62. The Bertz CT molecular complexity index is 620. The van der Waals surface area contributed by atoms with Crippen molar-refractivity contribution in [3.63, 3.8) is 0 Å². The fourth-order valence-electron chi connectivity index (χ4n) is 2.93. The Kier molecular flexibility index (Phi) is 6.75. The van der Waals surface area contributed by atoms with Crippen molar-refractivity contribution < 1.29 is 27.4 Å². The van der Waals surface area contributed by atoms with Crippen molar-refractivity contribution >= 4 is 11.7 Å². The molecular weight excluding hydrogens is 349 g/mol. The third-order valence-electron chi connectivity index (χ3n) is 4.08. The molecule has 2 rings (SSSR count). The van der Waals surface area contributed by atoms with Crippen molar-refractivity contribution in [3.8, 4) is 5.75 Å². The maximum absolute atomic E-state index is 13.0. The Hall–Kier alpha value is -1.96. The van der Waals surface area contributed by atoms with Crippen molar-refractivity contribution in [2.45, 2.75) is 39.4 Å². The van der Waals surface area contributed by atoms with Gasteiger partial charge < -0.3 is 19.7 Å². The highest BCUT2D eigenvalue weighted by Gasteiger charge is 2.32. The van der Waals surface area contributed by atoms with E-state index < -0.39 is 17.8 Å². The smallest absolute Gasteiger partial charge is 0.416 e. The van der Waals surface area contributed by atoms with Gasteiger partial charge >= 0.3 is 12.2 Å². The molecule has 0 radical (unpaired) electrons. The second kappa shape index (κ2) is 8.62. The lowest BCUT2D eigenvalue weighted by molar-refractivity contribution is -0.137. The minimum Gasteiger partial charge on any atom is -0.492 e. The lowest BCUT2D eigenvalue weighted by Crippen LogP contribution is -2.50. The second-order valence-electron chi connectivity index (χ2n) is 6.62. The number of ether oxygens (including phenoxy) is 2. The normalized spacial score (nSPS) is 18.1. The van der Waals surface area contributed by atoms with E-state index in [2.05, 4.69) is 5.32 Å². The summed E-state index contributed by atoms with van der Waals surface area (Å²) in [7, 11) is 0. The highest BCUT2D eigenvalue weighted by molar-refractivity contribution is 5.91. The summed E-state index contributed by atoms with van der Waals surface area (Å²) in [5.41, 5.74) is -0.821. The highest BCUT2D eigenvalue weighted by atomic mass is 19.4. The van der Waals surface area contributed by atoms with E-state index in [0.717, 1.165) is 18.6 Å². The van der Waals surface area contributed by atoms with Gasteiger partial charge in [-0.2, -0.15) is 13.2 Å². The van der Waals surface area contributed by atoms with Crippen molar-refractivity contribution in [1.29, 1.82) is 0 Å². The Morgan fingerprint density at radius 3 is 2.77 bits per heavy atom. The van der Waals surface area contributed by atoms with Gasteiger partial charge in [-0.1, -0.05) is 13.8 Å². The predicted octanol–water partition coefficient (Wildman–Crippen LogP) is 4.38. The first-order valence-electron chi connectivity index (χ1n) is 8.71. The van der Waals surface area contributed by atoms with Crippen LogP contribution < -0.4 is 10.1 Å². The number of benzene rings is 1. The van der Waals surface area contributed by atoms with Crippen LogP contribution in [-0.4, -0.2) is 43.3 Å².